The number of allylic oxidation sites excluding steroid dienone is 1. The molecule has 0 N–H and O–H groups in total. The average molecular weight is 207 g/mol. The Balaban J connectivity index is 2.12. The zero-order chi connectivity index (χ0) is 10.7. The smallest absolute Gasteiger partial charge is 0.0312 e. The van der Waals surface area contributed by atoms with Crippen molar-refractivity contribution in [3.8, 4) is 0 Å². The first-order valence-electron chi connectivity index (χ1n) is 6.70. The first kappa shape index (κ1) is 11.0. The van der Waals surface area contributed by atoms with Crippen LogP contribution in [0.5, 0.6) is 0 Å². The lowest BCUT2D eigenvalue weighted by Gasteiger charge is -2.36. The van der Waals surface area contributed by atoms with Crippen LogP contribution in [0.1, 0.15) is 52.4 Å². The SMILES string of the molecule is CC1CC/C=C/N2CCCC[C@H](C)C2C1. The molecule has 2 aliphatic rings. The number of nitrogens with zero attached hydrogens (tertiary/aromatic N) is 1. The van der Waals surface area contributed by atoms with Gasteiger partial charge in [0.25, 0.3) is 0 Å². The molecule has 15 heavy (non-hydrogen) atoms. The average Bonchev–Trinajstić information content (AvgIpc) is 2.35. The molecule has 1 fully saturated rings. The molecular formula is C14H25N. The molecule has 0 amide bonds. The molecule has 2 unspecified atom stereocenters. The lowest BCUT2D eigenvalue weighted by molar-refractivity contribution is 0.184. The highest BCUT2D eigenvalue weighted by Crippen LogP contribution is 2.30. The van der Waals surface area contributed by atoms with Crippen molar-refractivity contribution in [2.24, 2.45) is 11.8 Å². The number of hydrogen-bond acceptors (Lipinski definition) is 1. The molecule has 1 nitrogen and oxygen atoms in total. The van der Waals surface area contributed by atoms with Gasteiger partial charge in [0.05, 0.1) is 0 Å². The Bertz CT molecular complexity index is 221. The van der Waals surface area contributed by atoms with Gasteiger partial charge in [0.1, 0.15) is 0 Å². The summed E-state index contributed by atoms with van der Waals surface area (Å²) in [6.07, 6.45) is 13.1. The van der Waals surface area contributed by atoms with Gasteiger partial charge in [-0.3, -0.25) is 0 Å². The maximum atomic E-state index is 2.63. The Labute approximate surface area is 94.5 Å². The molecule has 0 radical (unpaired) electrons. The normalized spacial score (nSPS) is 39.9. The lowest BCUT2D eigenvalue weighted by Crippen LogP contribution is -2.37. The summed E-state index contributed by atoms with van der Waals surface area (Å²) in [4.78, 5) is 2.63. The van der Waals surface area contributed by atoms with Crippen molar-refractivity contribution >= 4 is 0 Å². The maximum absolute atomic E-state index is 2.63. The highest BCUT2D eigenvalue weighted by Gasteiger charge is 2.26. The third-order valence-corrected chi connectivity index (χ3v) is 4.18. The van der Waals surface area contributed by atoms with Crippen LogP contribution >= 0.6 is 0 Å². The van der Waals surface area contributed by atoms with Crippen molar-refractivity contribution in [2.75, 3.05) is 6.54 Å². The van der Waals surface area contributed by atoms with Crippen LogP contribution in [0.25, 0.3) is 0 Å². The molecule has 2 aliphatic heterocycles. The van der Waals surface area contributed by atoms with Gasteiger partial charge in [-0.15, -0.1) is 0 Å². The molecule has 2 heterocycles. The van der Waals surface area contributed by atoms with Crippen LogP contribution in [0.4, 0.5) is 0 Å². The molecule has 0 aromatic carbocycles. The van der Waals surface area contributed by atoms with Gasteiger partial charge >= 0.3 is 0 Å². The molecule has 0 spiro atoms. The molecule has 3 atom stereocenters. The van der Waals surface area contributed by atoms with Crippen LogP contribution in [0.2, 0.25) is 0 Å². The quantitative estimate of drug-likeness (QED) is 0.584. The van der Waals surface area contributed by atoms with E-state index in [1.165, 1.54) is 45.1 Å². The zero-order valence-corrected chi connectivity index (χ0v) is 10.3. The van der Waals surface area contributed by atoms with E-state index >= 15 is 0 Å². The van der Waals surface area contributed by atoms with Crippen LogP contribution in [0.15, 0.2) is 12.3 Å². The summed E-state index contributed by atoms with van der Waals surface area (Å²) in [6, 6.07) is 0.819. The van der Waals surface area contributed by atoms with E-state index in [0.717, 1.165) is 17.9 Å². The van der Waals surface area contributed by atoms with Crippen LogP contribution in [-0.2, 0) is 0 Å². The number of hydrogen-bond donors (Lipinski definition) is 0. The van der Waals surface area contributed by atoms with Crippen LogP contribution in [0.3, 0.4) is 0 Å². The Hall–Kier alpha value is -0.460. The van der Waals surface area contributed by atoms with Crippen LogP contribution < -0.4 is 0 Å². The van der Waals surface area contributed by atoms with Crippen LogP contribution in [0, 0.1) is 11.8 Å². The van der Waals surface area contributed by atoms with Gasteiger partial charge in [0.2, 0.25) is 0 Å². The van der Waals surface area contributed by atoms with Crippen molar-refractivity contribution in [3.63, 3.8) is 0 Å². The molecule has 0 aromatic rings. The van der Waals surface area contributed by atoms with Crippen LogP contribution in [-0.4, -0.2) is 17.5 Å². The van der Waals surface area contributed by atoms with E-state index in [1.54, 1.807) is 0 Å². The molecule has 86 valence electrons. The minimum atomic E-state index is 0.819. The largest absolute Gasteiger partial charge is 0.374 e. The highest BCUT2D eigenvalue weighted by atomic mass is 15.1. The van der Waals surface area contributed by atoms with Gasteiger partial charge in [-0.25, -0.2) is 0 Å². The van der Waals surface area contributed by atoms with Gasteiger partial charge in [-0.1, -0.05) is 26.3 Å². The first-order chi connectivity index (χ1) is 7.27. The summed E-state index contributed by atoms with van der Waals surface area (Å²) < 4.78 is 0. The zero-order valence-electron chi connectivity index (χ0n) is 10.3. The predicted octanol–water partition coefficient (Wildman–Crippen LogP) is 3.81. The molecule has 0 aliphatic carbocycles. The van der Waals surface area contributed by atoms with Crippen molar-refractivity contribution in [2.45, 2.75) is 58.4 Å². The fraction of sp³-hybridized carbons (Fsp3) is 0.857. The van der Waals surface area contributed by atoms with E-state index in [2.05, 4.69) is 31.0 Å². The highest BCUT2D eigenvalue weighted by molar-refractivity contribution is 4.93. The summed E-state index contributed by atoms with van der Waals surface area (Å²) in [5.41, 5.74) is 0. The third-order valence-electron chi connectivity index (χ3n) is 4.18. The molecule has 0 aromatic heterocycles. The number of rotatable bonds is 0. The van der Waals surface area contributed by atoms with Crippen molar-refractivity contribution in [3.05, 3.63) is 12.3 Å². The Morgan fingerprint density at radius 3 is 2.87 bits per heavy atom. The second kappa shape index (κ2) is 5.05. The fourth-order valence-electron chi connectivity index (χ4n) is 3.12. The molecule has 1 heteroatoms. The van der Waals surface area contributed by atoms with E-state index in [4.69, 9.17) is 0 Å². The van der Waals surface area contributed by atoms with Gasteiger partial charge in [-0.05, 0) is 50.1 Å². The van der Waals surface area contributed by atoms with E-state index in [-0.39, 0.29) is 0 Å². The van der Waals surface area contributed by atoms with Crippen molar-refractivity contribution < 1.29 is 0 Å². The predicted molar refractivity (Wildman–Crippen MR) is 65.7 cm³/mol. The van der Waals surface area contributed by atoms with E-state index in [0.29, 0.717) is 0 Å². The second-order valence-electron chi connectivity index (χ2n) is 5.58. The summed E-state index contributed by atoms with van der Waals surface area (Å²) in [6.45, 7) is 6.17. The van der Waals surface area contributed by atoms with Crippen molar-refractivity contribution in [1.29, 1.82) is 0 Å². The topological polar surface area (TPSA) is 3.24 Å². The van der Waals surface area contributed by atoms with E-state index in [9.17, 15) is 0 Å². The summed E-state index contributed by atoms with van der Waals surface area (Å²) >= 11 is 0. The third kappa shape index (κ3) is 2.76. The molecule has 1 saturated heterocycles. The standard InChI is InChI=1S/C14H25N/c1-12-7-3-5-9-15-10-6-4-8-13(2)14(15)11-12/h5,9,12-14H,3-4,6-8,10-11H2,1-2H3/b9-5+/t12?,13-,14?/m0/s1. The molecule has 0 bridgehead atoms. The summed E-state index contributed by atoms with van der Waals surface area (Å²) in [5.74, 6) is 1.79. The van der Waals surface area contributed by atoms with Gasteiger partial charge < -0.3 is 4.90 Å². The molecule has 2 rings (SSSR count). The minimum Gasteiger partial charge on any atom is -0.374 e. The van der Waals surface area contributed by atoms with Gasteiger partial charge in [-0.2, -0.15) is 0 Å². The lowest BCUT2D eigenvalue weighted by atomic mass is 9.87. The Morgan fingerprint density at radius 1 is 1.13 bits per heavy atom. The summed E-state index contributed by atoms with van der Waals surface area (Å²) in [5, 5.41) is 0. The fourth-order valence-corrected chi connectivity index (χ4v) is 3.12. The van der Waals surface area contributed by atoms with Gasteiger partial charge in [0.15, 0.2) is 0 Å². The van der Waals surface area contributed by atoms with Gasteiger partial charge in [0, 0.05) is 12.6 Å². The first-order valence-corrected chi connectivity index (χ1v) is 6.70. The second-order valence-corrected chi connectivity index (χ2v) is 5.58. The van der Waals surface area contributed by atoms with Crippen molar-refractivity contribution in [1.82, 2.24) is 4.90 Å². The Morgan fingerprint density at radius 2 is 2.00 bits per heavy atom. The summed E-state index contributed by atoms with van der Waals surface area (Å²) in [7, 11) is 0. The monoisotopic (exact) mass is 207 g/mol. The number of fused-ring (bicyclic) bond motifs is 1. The molecular weight excluding hydrogens is 182 g/mol. The van der Waals surface area contributed by atoms with E-state index < -0.39 is 0 Å². The molecule has 0 saturated carbocycles. The minimum absolute atomic E-state index is 0.819. The maximum Gasteiger partial charge on any atom is 0.0312 e. The van der Waals surface area contributed by atoms with E-state index in [1.807, 2.05) is 0 Å². The Kier molecular flexibility index (Phi) is 3.71.